The van der Waals surface area contributed by atoms with Crippen molar-refractivity contribution in [1.82, 2.24) is 4.90 Å². The van der Waals surface area contributed by atoms with E-state index < -0.39 is 0 Å². The first kappa shape index (κ1) is 12.4. The summed E-state index contributed by atoms with van der Waals surface area (Å²) in [6.45, 7) is 6.34. The van der Waals surface area contributed by atoms with Crippen molar-refractivity contribution in [2.24, 2.45) is 11.8 Å². The Morgan fingerprint density at radius 2 is 2.25 bits per heavy atom. The number of hydrogen-bond acceptors (Lipinski definition) is 2. The van der Waals surface area contributed by atoms with Gasteiger partial charge in [0, 0.05) is 18.5 Å². The Hall–Kier alpha value is -0.100. The molecule has 0 N–H and O–H groups in total. The summed E-state index contributed by atoms with van der Waals surface area (Å²) in [6.07, 6.45) is 1.13. The third kappa shape index (κ3) is 2.59. The molecular formula is C12H16INOS. The van der Waals surface area contributed by atoms with E-state index in [1.165, 1.54) is 2.88 Å². The minimum Gasteiger partial charge on any atom is -0.338 e. The Bertz CT molecular complexity index is 390. The first-order valence-electron chi connectivity index (χ1n) is 5.61. The Morgan fingerprint density at radius 3 is 2.81 bits per heavy atom. The monoisotopic (exact) mass is 349 g/mol. The van der Waals surface area contributed by atoms with Crippen LogP contribution in [0.3, 0.4) is 0 Å². The fraction of sp³-hybridized carbons (Fsp3) is 0.583. The van der Waals surface area contributed by atoms with Gasteiger partial charge >= 0.3 is 0 Å². The second-order valence-corrected chi connectivity index (χ2v) is 7.44. The van der Waals surface area contributed by atoms with Crippen LogP contribution in [0.1, 0.15) is 30.6 Å². The molecule has 2 atom stereocenters. The predicted molar refractivity (Wildman–Crippen MR) is 75.9 cm³/mol. The van der Waals surface area contributed by atoms with Crippen LogP contribution in [0.4, 0.5) is 0 Å². The topological polar surface area (TPSA) is 20.3 Å². The van der Waals surface area contributed by atoms with Gasteiger partial charge in [-0.2, -0.15) is 0 Å². The van der Waals surface area contributed by atoms with E-state index in [4.69, 9.17) is 0 Å². The maximum atomic E-state index is 12.2. The van der Waals surface area contributed by atoms with Gasteiger partial charge < -0.3 is 4.90 Å². The maximum Gasteiger partial charge on any atom is 0.254 e. The molecule has 0 aromatic carbocycles. The normalized spacial score (nSPS) is 25.8. The Kier molecular flexibility index (Phi) is 3.89. The lowest BCUT2D eigenvalue weighted by Crippen LogP contribution is -2.42. The summed E-state index contributed by atoms with van der Waals surface area (Å²) in [5.74, 6) is 1.57. The lowest BCUT2D eigenvalue weighted by Gasteiger charge is -2.35. The molecule has 1 amide bonds. The zero-order valence-electron chi connectivity index (χ0n) is 9.57. The summed E-state index contributed by atoms with van der Waals surface area (Å²) in [4.78, 5) is 14.2. The zero-order valence-corrected chi connectivity index (χ0v) is 12.5. The second-order valence-electron chi connectivity index (χ2n) is 4.63. The van der Waals surface area contributed by atoms with Crippen molar-refractivity contribution in [1.29, 1.82) is 0 Å². The molecule has 16 heavy (non-hydrogen) atoms. The second kappa shape index (κ2) is 5.04. The molecular weight excluding hydrogens is 333 g/mol. The van der Waals surface area contributed by atoms with Gasteiger partial charge in [0.2, 0.25) is 0 Å². The summed E-state index contributed by atoms with van der Waals surface area (Å²) in [5.41, 5.74) is 0.858. The molecule has 2 heterocycles. The summed E-state index contributed by atoms with van der Waals surface area (Å²) in [6, 6.07) is 1.98. The van der Waals surface area contributed by atoms with Crippen molar-refractivity contribution in [3.8, 4) is 0 Å². The molecule has 4 heteroatoms. The van der Waals surface area contributed by atoms with E-state index in [-0.39, 0.29) is 5.91 Å². The molecule has 1 aromatic heterocycles. The van der Waals surface area contributed by atoms with E-state index in [1.54, 1.807) is 11.3 Å². The molecule has 1 aliphatic rings. The minimum atomic E-state index is 0.206. The smallest absolute Gasteiger partial charge is 0.254 e. The van der Waals surface area contributed by atoms with Gasteiger partial charge in [-0.05, 0) is 46.9 Å². The third-order valence-electron chi connectivity index (χ3n) is 3.44. The van der Waals surface area contributed by atoms with Crippen LogP contribution in [0.5, 0.6) is 0 Å². The average Bonchev–Trinajstić information content (AvgIpc) is 2.68. The van der Waals surface area contributed by atoms with Crippen molar-refractivity contribution in [3.05, 3.63) is 19.9 Å². The first-order valence-corrected chi connectivity index (χ1v) is 7.57. The van der Waals surface area contributed by atoms with E-state index in [2.05, 4.69) is 36.4 Å². The highest BCUT2D eigenvalue weighted by molar-refractivity contribution is 14.1. The van der Waals surface area contributed by atoms with E-state index >= 15 is 0 Å². The lowest BCUT2D eigenvalue weighted by atomic mass is 9.88. The molecule has 0 aliphatic carbocycles. The quantitative estimate of drug-likeness (QED) is 0.711. The summed E-state index contributed by atoms with van der Waals surface area (Å²) in [7, 11) is 0. The van der Waals surface area contributed by atoms with Crippen molar-refractivity contribution in [2.45, 2.75) is 20.3 Å². The van der Waals surface area contributed by atoms with Crippen LogP contribution >= 0.6 is 33.9 Å². The third-order valence-corrected chi connectivity index (χ3v) is 5.22. The highest BCUT2D eigenvalue weighted by Crippen LogP contribution is 2.25. The molecule has 0 radical (unpaired) electrons. The van der Waals surface area contributed by atoms with E-state index in [0.717, 1.165) is 31.0 Å². The Balaban J connectivity index is 2.06. The lowest BCUT2D eigenvalue weighted by molar-refractivity contribution is 0.0628. The number of hydrogen-bond donors (Lipinski definition) is 0. The molecule has 1 saturated heterocycles. The van der Waals surface area contributed by atoms with Crippen molar-refractivity contribution < 1.29 is 4.79 Å². The highest BCUT2D eigenvalue weighted by Gasteiger charge is 2.26. The van der Waals surface area contributed by atoms with Crippen LogP contribution in [-0.4, -0.2) is 23.9 Å². The molecule has 1 fully saturated rings. The van der Waals surface area contributed by atoms with E-state index in [1.807, 2.05) is 16.3 Å². The van der Waals surface area contributed by atoms with Gasteiger partial charge in [0.25, 0.3) is 5.91 Å². The Labute approximate surface area is 114 Å². The molecule has 0 saturated carbocycles. The van der Waals surface area contributed by atoms with Gasteiger partial charge in [0.15, 0.2) is 0 Å². The number of rotatable bonds is 1. The number of carbonyl (C=O) groups is 1. The van der Waals surface area contributed by atoms with Gasteiger partial charge in [-0.15, -0.1) is 11.3 Å². The van der Waals surface area contributed by atoms with Gasteiger partial charge in [-0.25, -0.2) is 0 Å². The van der Waals surface area contributed by atoms with Crippen LogP contribution in [-0.2, 0) is 0 Å². The van der Waals surface area contributed by atoms with Crippen molar-refractivity contribution >= 4 is 39.8 Å². The molecule has 88 valence electrons. The van der Waals surface area contributed by atoms with Gasteiger partial charge in [-0.3, -0.25) is 4.79 Å². The molecule has 0 spiro atoms. The van der Waals surface area contributed by atoms with Crippen LogP contribution in [0, 0.1) is 14.7 Å². The fourth-order valence-corrected chi connectivity index (χ4v) is 3.37. The molecule has 1 aliphatic heterocycles. The number of amides is 1. The van der Waals surface area contributed by atoms with Crippen LogP contribution in [0.2, 0.25) is 0 Å². The number of piperidine rings is 1. The summed E-state index contributed by atoms with van der Waals surface area (Å²) < 4.78 is 1.18. The summed E-state index contributed by atoms with van der Waals surface area (Å²) >= 11 is 3.90. The number of nitrogens with zero attached hydrogens (tertiary/aromatic N) is 1. The van der Waals surface area contributed by atoms with E-state index in [9.17, 15) is 4.79 Å². The SMILES string of the molecule is CC1CCN(C(=O)c2csc(I)c2)CC1C. The fourth-order valence-electron chi connectivity index (χ4n) is 2.05. The molecule has 2 unspecified atom stereocenters. The predicted octanol–water partition coefficient (Wildman–Crippen LogP) is 3.47. The number of likely N-dealkylation sites (tertiary alicyclic amines) is 1. The number of carbonyl (C=O) groups excluding carboxylic acids is 1. The van der Waals surface area contributed by atoms with Crippen LogP contribution in [0.25, 0.3) is 0 Å². The first-order chi connectivity index (χ1) is 7.58. The average molecular weight is 349 g/mol. The maximum absolute atomic E-state index is 12.2. The van der Waals surface area contributed by atoms with E-state index in [0.29, 0.717) is 5.92 Å². The molecule has 0 bridgehead atoms. The van der Waals surface area contributed by atoms with Gasteiger partial charge in [0.1, 0.15) is 0 Å². The largest absolute Gasteiger partial charge is 0.338 e. The Morgan fingerprint density at radius 1 is 1.50 bits per heavy atom. The highest BCUT2D eigenvalue weighted by atomic mass is 127. The number of thiophene rings is 1. The van der Waals surface area contributed by atoms with Crippen molar-refractivity contribution in [2.75, 3.05) is 13.1 Å². The minimum absolute atomic E-state index is 0.206. The van der Waals surface area contributed by atoms with Gasteiger partial charge in [0.05, 0.1) is 8.45 Å². The molecule has 2 nitrogen and oxygen atoms in total. The van der Waals surface area contributed by atoms with Crippen LogP contribution < -0.4 is 0 Å². The standard InChI is InChI=1S/C12H16INOS/c1-8-3-4-14(6-9(8)2)12(15)10-5-11(13)16-7-10/h5,7-9H,3-4,6H2,1-2H3. The number of halogens is 1. The van der Waals surface area contributed by atoms with Crippen molar-refractivity contribution in [3.63, 3.8) is 0 Å². The van der Waals surface area contributed by atoms with Crippen LogP contribution in [0.15, 0.2) is 11.4 Å². The molecule has 2 rings (SSSR count). The summed E-state index contributed by atoms with van der Waals surface area (Å²) in [5, 5.41) is 1.97. The zero-order chi connectivity index (χ0) is 11.7. The van der Waals surface area contributed by atoms with Gasteiger partial charge in [-0.1, -0.05) is 13.8 Å². The molecule has 1 aromatic rings.